The Balaban J connectivity index is 2.30. The van der Waals surface area contributed by atoms with E-state index >= 15 is 0 Å². The third-order valence-electron chi connectivity index (χ3n) is 2.19. The number of aryl methyl sites for hydroxylation is 1. The summed E-state index contributed by atoms with van der Waals surface area (Å²) in [5.74, 6) is 0. The number of aromatic nitrogens is 2. The van der Waals surface area contributed by atoms with Crippen LogP contribution in [-0.4, -0.2) is 9.97 Å². The molecule has 0 radical (unpaired) electrons. The first kappa shape index (κ1) is 11.1. The molecule has 0 spiro atoms. The minimum absolute atomic E-state index is 0.537. The zero-order valence-corrected chi connectivity index (χ0v) is 9.87. The van der Waals surface area contributed by atoms with E-state index in [1.165, 1.54) is 5.56 Å². The first-order chi connectivity index (χ1) is 7.79. The van der Waals surface area contributed by atoms with Crippen molar-refractivity contribution in [2.24, 2.45) is 5.73 Å². The van der Waals surface area contributed by atoms with Crippen molar-refractivity contribution in [3.63, 3.8) is 0 Å². The largest absolute Gasteiger partial charge is 0.326 e. The molecule has 82 valence electrons. The van der Waals surface area contributed by atoms with Gasteiger partial charge in [-0.2, -0.15) is 0 Å². The van der Waals surface area contributed by atoms with E-state index in [1.807, 2.05) is 6.07 Å². The van der Waals surface area contributed by atoms with Crippen LogP contribution in [-0.2, 0) is 6.54 Å². The van der Waals surface area contributed by atoms with E-state index < -0.39 is 0 Å². The van der Waals surface area contributed by atoms with Crippen LogP contribution >= 0.6 is 11.8 Å². The monoisotopic (exact) mass is 231 g/mol. The molecule has 0 bridgehead atoms. The van der Waals surface area contributed by atoms with Gasteiger partial charge < -0.3 is 5.73 Å². The quantitative estimate of drug-likeness (QED) is 0.824. The Morgan fingerprint density at radius 1 is 1.25 bits per heavy atom. The average Bonchev–Trinajstić information content (AvgIpc) is 2.31. The molecule has 1 aromatic heterocycles. The van der Waals surface area contributed by atoms with Gasteiger partial charge in [-0.25, -0.2) is 9.97 Å². The second kappa shape index (κ2) is 5.09. The van der Waals surface area contributed by atoms with Crippen LogP contribution in [0, 0.1) is 6.92 Å². The number of rotatable bonds is 3. The highest BCUT2D eigenvalue weighted by molar-refractivity contribution is 7.99. The first-order valence-electron chi connectivity index (χ1n) is 5.04. The summed E-state index contributed by atoms with van der Waals surface area (Å²) in [6, 6.07) is 8.05. The molecule has 2 N–H and O–H groups in total. The highest BCUT2D eigenvalue weighted by Gasteiger charge is 2.05. The zero-order valence-electron chi connectivity index (χ0n) is 9.05. The molecule has 0 atom stereocenters. The topological polar surface area (TPSA) is 51.8 Å². The SMILES string of the molecule is Cc1ccc(CN)c(Sc2ncccn2)c1. The van der Waals surface area contributed by atoms with E-state index in [0.29, 0.717) is 6.54 Å². The van der Waals surface area contributed by atoms with Gasteiger partial charge in [-0.15, -0.1) is 0 Å². The van der Waals surface area contributed by atoms with Gasteiger partial charge in [-0.05, 0) is 41.9 Å². The summed E-state index contributed by atoms with van der Waals surface area (Å²) in [5.41, 5.74) is 8.05. The second-order valence-corrected chi connectivity index (χ2v) is 4.46. The number of hydrogen-bond acceptors (Lipinski definition) is 4. The molecular formula is C12H13N3S. The number of nitrogens with two attached hydrogens (primary N) is 1. The molecule has 3 nitrogen and oxygen atoms in total. The Hall–Kier alpha value is -1.39. The summed E-state index contributed by atoms with van der Waals surface area (Å²) in [7, 11) is 0. The lowest BCUT2D eigenvalue weighted by Gasteiger charge is -2.07. The second-order valence-electron chi connectivity index (χ2n) is 3.45. The highest BCUT2D eigenvalue weighted by Crippen LogP contribution is 2.28. The smallest absolute Gasteiger partial charge is 0.192 e. The predicted molar refractivity (Wildman–Crippen MR) is 65.2 cm³/mol. The van der Waals surface area contributed by atoms with Crippen LogP contribution in [0.4, 0.5) is 0 Å². The predicted octanol–water partition coefficient (Wildman–Crippen LogP) is 2.39. The number of nitrogens with zero attached hydrogens (tertiary/aromatic N) is 2. The van der Waals surface area contributed by atoms with Crippen LogP contribution in [0.1, 0.15) is 11.1 Å². The Bertz CT molecular complexity index is 471. The average molecular weight is 231 g/mol. The lowest BCUT2D eigenvalue weighted by molar-refractivity contribution is 0.959. The zero-order chi connectivity index (χ0) is 11.4. The van der Waals surface area contributed by atoms with Crippen molar-refractivity contribution in [2.45, 2.75) is 23.5 Å². The summed E-state index contributed by atoms with van der Waals surface area (Å²) >= 11 is 1.55. The van der Waals surface area contributed by atoms with Gasteiger partial charge in [0.2, 0.25) is 0 Å². The van der Waals surface area contributed by atoms with Gasteiger partial charge in [0.1, 0.15) is 0 Å². The van der Waals surface area contributed by atoms with Crippen molar-refractivity contribution in [1.29, 1.82) is 0 Å². The van der Waals surface area contributed by atoms with Crippen molar-refractivity contribution in [3.8, 4) is 0 Å². The lowest BCUT2D eigenvalue weighted by Crippen LogP contribution is -1.99. The Kier molecular flexibility index (Phi) is 3.54. The molecule has 0 amide bonds. The Morgan fingerprint density at radius 2 is 2.00 bits per heavy atom. The Labute approximate surface area is 99.1 Å². The van der Waals surface area contributed by atoms with E-state index in [0.717, 1.165) is 15.6 Å². The molecular weight excluding hydrogens is 218 g/mol. The molecule has 2 rings (SSSR count). The van der Waals surface area contributed by atoms with E-state index in [1.54, 1.807) is 24.2 Å². The molecule has 0 saturated heterocycles. The van der Waals surface area contributed by atoms with Gasteiger partial charge in [-0.3, -0.25) is 0 Å². The number of hydrogen-bond donors (Lipinski definition) is 1. The summed E-state index contributed by atoms with van der Waals surface area (Å²) < 4.78 is 0. The van der Waals surface area contributed by atoms with Crippen molar-refractivity contribution in [1.82, 2.24) is 9.97 Å². The van der Waals surface area contributed by atoms with Crippen LogP contribution in [0.5, 0.6) is 0 Å². The molecule has 4 heteroatoms. The van der Waals surface area contributed by atoms with Gasteiger partial charge in [0.05, 0.1) is 0 Å². The van der Waals surface area contributed by atoms with Gasteiger partial charge in [-0.1, -0.05) is 12.1 Å². The van der Waals surface area contributed by atoms with Crippen molar-refractivity contribution in [3.05, 3.63) is 47.8 Å². The lowest BCUT2D eigenvalue weighted by atomic mass is 10.1. The number of benzene rings is 1. The Morgan fingerprint density at radius 3 is 2.69 bits per heavy atom. The fourth-order valence-corrected chi connectivity index (χ4v) is 2.31. The van der Waals surface area contributed by atoms with E-state index in [-0.39, 0.29) is 0 Å². The summed E-state index contributed by atoms with van der Waals surface area (Å²) in [6.07, 6.45) is 3.49. The van der Waals surface area contributed by atoms with E-state index in [2.05, 4.69) is 35.1 Å². The maximum atomic E-state index is 5.70. The third-order valence-corrected chi connectivity index (χ3v) is 3.18. The van der Waals surface area contributed by atoms with Crippen molar-refractivity contribution in [2.75, 3.05) is 0 Å². The van der Waals surface area contributed by atoms with Gasteiger partial charge in [0, 0.05) is 23.8 Å². The standard InChI is InChI=1S/C12H13N3S/c1-9-3-4-10(8-13)11(7-9)16-12-14-5-2-6-15-12/h2-7H,8,13H2,1H3. The normalized spacial score (nSPS) is 10.4. The molecule has 0 unspecified atom stereocenters. The molecule has 2 aromatic rings. The van der Waals surface area contributed by atoms with Gasteiger partial charge in [0.15, 0.2) is 5.16 Å². The van der Waals surface area contributed by atoms with Gasteiger partial charge in [0.25, 0.3) is 0 Å². The van der Waals surface area contributed by atoms with Crippen LogP contribution in [0.2, 0.25) is 0 Å². The molecule has 1 heterocycles. The van der Waals surface area contributed by atoms with Crippen LogP contribution in [0.25, 0.3) is 0 Å². The molecule has 0 saturated carbocycles. The molecule has 0 aliphatic rings. The summed E-state index contributed by atoms with van der Waals surface area (Å²) in [4.78, 5) is 9.51. The minimum atomic E-state index is 0.537. The maximum Gasteiger partial charge on any atom is 0.192 e. The van der Waals surface area contributed by atoms with E-state index in [4.69, 9.17) is 5.73 Å². The third kappa shape index (κ3) is 2.59. The molecule has 0 aliphatic carbocycles. The molecule has 1 aromatic carbocycles. The van der Waals surface area contributed by atoms with Crippen molar-refractivity contribution < 1.29 is 0 Å². The van der Waals surface area contributed by atoms with Crippen LogP contribution in [0.15, 0.2) is 46.7 Å². The van der Waals surface area contributed by atoms with Crippen molar-refractivity contribution >= 4 is 11.8 Å². The van der Waals surface area contributed by atoms with Gasteiger partial charge >= 0.3 is 0 Å². The molecule has 16 heavy (non-hydrogen) atoms. The fraction of sp³-hybridized carbons (Fsp3) is 0.167. The minimum Gasteiger partial charge on any atom is -0.326 e. The summed E-state index contributed by atoms with van der Waals surface area (Å²) in [5, 5.41) is 0.753. The summed E-state index contributed by atoms with van der Waals surface area (Å²) in [6.45, 7) is 2.60. The molecule has 0 fully saturated rings. The maximum absolute atomic E-state index is 5.70. The molecule has 0 aliphatic heterocycles. The van der Waals surface area contributed by atoms with E-state index in [9.17, 15) is 0 Å². The van der Waals surface area contributed by atoms with Crippen LogP contribution in [0.3, 0.4) is 0 Å². The van der Waals surface area contributed by atoms with Crippen LogP contribution < -0.4 is 5.73 Å². The fourth-order valence-electron chi connectivity index (χ4n) is 1.36. The highest BCUT2D eigenvalue weighted by atomic mass is 32.2. The first-order valence-corrected chi connectivity index (χ1v) is 5.85.